The van der Waals surface area contributed by atoms with Gasteiger partial charge in [0.15, 0.2) is 17.6 Å². The second-order valence-electron chi connectivity index (χ2n) is 7.54. The molecule has 7 nitrogen and oxygen atoms in total. The Morgan fingerprint density at radius 1 is 0.971 bits per heavy atom. The van der Waals surface area contributed by atoms with Crippen molar-refractivity contribution in [3.05, 3.63) is 106 Å². The summed E-state index contributed by atoms with van der Waals surface area (Å²) in [6, 6.07) is 23.7. The van der Waals surface area contributed by atoms with E-state index in [0.717, 1.165) is 22.3 Å². The van der Waals surface area contributed by atoms with Gasteiger partial charge >= 0.3 is 0 Å². The lowest BCUT2D eigenvalue weighted by atomic mass is 10.0. The van der Waals surface area contributed by atoms with Crippen LogP contribution < -0.4 is 4.72 Å². The van der Waals surface area contributed by atoms with E-state index in [-0.39, 0.29) is 10.0 Å². The predicted octanol–water partition coefficient (Wildman–Crippen LogP) is 4.41. The monoisotopic (exact) mass is 490 g/mol. The van der Waals surface area contributed by atoms with Crippen LogP contribution in [0.1, 0.15) is 27.2 Å². The minimum Gasteiger partial charge on any atom is -0.316 e. The molecule has 9 heteroatoms. The van der Waals surface area contributed by atoms with Crippen LogP contribution in [-0.4, -0.2) is 24.3 Å². The largest absolute Gasteiger partial charge is 0.316 e. The van der Waals surface area contributed by atoms with Crippen LogP contribution in [0.5, 0.6) is 0 Å². The van der Waals surface area contributed by atoms with Gasteiger partial charge in [0.1, 0.15) is 11.5 Å². The first-order valence-corrected chi connectivity index (χ1v) is 12.1. The first-order chi connectivity index (χ1) is 16.4. The smallest absolute Gasteiger partial charge is 0.270 e. The molecule has 0 saturated carbocycles. The zero-order valence-electron chi connectivity index (χ0n) is 17.8. The average Bonchev–Trinajstić information content (AvgIpc) is 3.15. The number of benzene rings is 3. The van der Waals surface area contributed by atoms with Gasteiger partial charge in [-0.15, -0.1) is 0 Å². The predicted molar refractivity (Wildman–Crippen MR) is 129 cm³/mol. The highest BCUT2D eigenvalue weighted by Gasteiger charge is 2.17. The standard InChI is InChI=1S/C25H19ClN4O3S/c26-24-23(16-31)30(25(29-24)21-9-2-1-3-10-21)15-20-8-4-6-18(13-20)12-19-7-5-11-22(14-19)34(32,33)28-17-27/h1-11,13-14,16,28H,12,15H2. The van der Waals surface area contributed by atoms with Crippen molar-refractivity contribution < 1.29 is 13.2 Å². The fraction of sp³-hybridized carbons (Fsp3) is 0.0800. The summed E-state index contributed by atoms with van der Waals surface area (Å²) in [5.41, 5.74) is 3.82. The second kappa shape index (κ2) is 9.91. The quantitative estimate of drug-likeness (QED) is 0.224. The second-order valence-corrected chi connectivity index (χ2v) is 9.58. The molecule has 0 aliphatic rings. The number of sulfonamides is 1. The molecule has 0 spiro atoms. The molecule has 0 atom stereocenters. The van der Waals surface area contributed by atoms with Gasteiger partial charge in [-0.2, -0.15) is 5.26 Å². The number of aromatic nitrogens is 2. The summed E-state index contributed by atoms with van der Waals surface area (Å²) in [5.74, 6) is 0.598. The van der Waals surface area contributed by atoms with Crippen molar-refractivity contribution in [2.75, 3.05) is 0 Å². The van der Waals surface area contributed by atoms with E-state index in [4.69, 9.17) is 16.9 Å². The molecule has 1 N–H and O–H groups in total. The fourth-order valence-corrected chi connectivity index (χ4v) is 4.74. The fourth-order valence-electron chi connectivity index (χ4n) is 3.71. The van der Waals surface area contributed by atoms with Gasteiger partial charge in [0.05, 0.1) is 4.90 Å². The first kappa shape index (κ1) is 23.2. The van der Waals surface area contributed by atoms with E-state index in [0.29, 0.717) is 30.8 Å². The van der Waals surface area contributed by atoms with E-state index in [2.05, 4.69) is 4.98 Å². The highest BCUT2D eigenvalue weighted by molar-refractivity contribution is 7.89. The van der Waals surface area contributed by atoms with Crippen LogP contribution in [0.25, 0.3) is 11.4 Å². The molecule has 0 aliphatic heterocycles. The molecule has 0 aliphatic carbocycles. The van der Waals surface area contributed by atoms with Gasteiger partial charge in [-0.1, -0.05) is 78.3 Å². The average molecular weight is 491 g/mol. The maximum absolute atomic E-state index is 12.1. The molecule has 1 aromatic heterocycles. The molecular weight excluding hydrogens is 472 g/mol. The van der Waals surface area contributed by atoms with Crippen molar-refractivity contribution >= 4 is 27.9 Å². The minimum absolute atomic E-state index is 0.0267. The molecule has 4 aromatic rings. The Hall–Kier alpha value is -3.93. The van der Waals surface area contributed by atoms with Crippen LogP contribution in [0.3, 0.4) is 0 Å². The van der Waals surface area contributed by atoms with Crippen LogP contribution in [0.15, 0.2) is 83.8 Å². The zero-order valence-corrected chi connectivity index (χ0v) is 19.4. The highest BCUT2D eigenvalue weighted by atomic mass is 35.5. The number of nitrogens with one attached hydrogen (secondary N) is 1. The summed E-state index contributed by atoms with van der Waals surface area (Å²) in [5, 5.41) is 8.82. The van der Waals surface area contributed by atoms with Crippen molar-refractivity contribution in [3.8, 4) is 17.6 Å². The van der Waals surface area contributed by atoms with E-state index in [9.17, 15) is 13.2 Å². The third-order valence-electron chi connectivity index (χ3n) is 5.23. The molecule has 0 fully saturated rings. The Labute approximate surface area is 202 Å². The Balaban J connectivity index is 1.63. The van der Waals surface area contributed by atoms with Gasteiger partial charge in [0.25, 0.3) is 10.0 Å². The first-order valence-electron chi connectivity index (χ1n) is 10.3. The Bertz CT molecular complexity index is 1490. The molecule has 0 unspecified atom stereocenters. The van der Waals surface area contributed by atoms with Crippen molar-refractivity contribution in [2.24, 2.45) is 0 Å². The summed E-state index contributed by atoms with van der Waals surface area (Å²) >= 11 is 6.24. The summed E-state index contributed by atoms with van der Waals surface area (Å²) in [6.45, 7) is 0.381. The van der Waals surface area contributed by atoms with Gasteiger partial charge < -0.3 is 4.57 Å². The van der Waals surface area contributed by atoms with Crippen LogP contribution >= 0.6 is 11.6 Å². The van der Waals surface area contributed by atoms with Crippen molar-refractivity contribution in [1.29, 1.82) is 5.26 Å². The lowest BCUT2D eigenvalue weighted by Gasteiger charge is -2.12. The normalized spacial score (nSPS) is 11.1. The van der Waals surface area contributed by atoms with Crippen molar-refractivity contribution in [3.63, 3.8) is 0 Å². The Morgan fingerprint density at radius 3 is 2.35 bits per heavy atom. The molecule has 1 heterocycles. The van der Waals surface area contributed by atoms with Gasteiger partial charge in [0, 0.05) is 12.1 Å². The van der Waals surface area contributed by atoms with Gasteiger partial charge in [-0.3, -0.25) is 4.79 Å². The molecule has 3 aromatic carbocycles. The molecule has 0 radical (unpaired) electrons. The Kier molecular flexibility index (Phi) is 6.77. The van der Waals surface area contributed by atoms with E-state index in [1.807, 2.05) is 65.4 Å². The van der Waals surface area contributed by atoms with E-state index < -0.39 is 10.0 Å². The number of imidazole rings is 1. The van der Waals surface area contributed by atoms with Crippen molar-refractivity contribution in [1.82, 2.24) is 14.3 Å². The number of rotatable bonds is 8. The third kappa shape index (κ3) is 5.01. The van der Waals surface area contributed by atoms with Gasteiger partial charge in [-0.25, -0.2) is 18.1 Å². The molecule has 34 heavy (non-hydrogen) atoms. The number of carbonyl (C=O) groups is 1. The summed E-state index contributed by atoms with van der Waals surface area (Å²) in [6.07, 6.45) is 2.64. The lowest BCUT2D eigenvalue weighted by molar-refractivity contribution is 0.111. The number of aldehydes is 1. The third-order valence-corrected chi connectivity index (χ3v) is 6.75. The zero-order chi connectivity index (χ0) is 24.1. The van der Waals surface area contributed by atoms with Crippen LogP contribution in [0.2, 0.25) is 5.15 Å². The molecular formula is C25H19ClN4O3S. The number of halogens is 1. The topological polar surface area (TPSA) is 105 Å². The van der Waals surface area contributed by atoms with Gasteiger partial charge in [-0.05, 0) is 35.2 Å². The molecule has 170 valence electrons. The minimum atomic E-state index is -3.88. The number of hydrogen-bond donors (Lipinski definition) is 1. The SMILES string of the molecule is N#CNS(=O)(=O)c1cccc(Cc2cccc(Cn3c(-c4ccccc4)nc(Cl)c3C=O)c2)c1. The number of nitriles is 1. The number of carbonyl (C=O) groups excluding carboxylic acids is 1. The van der Waals surface area contributed by atoms with E-state index in [1.165, 1.54) is 12.3 Å². The van der Waals surface area contributed by atoms with Crippen LogP contribution in [0.4, 0.5) is 0 Å². The van der Waals surface area contributed by atoms with E-state index >= 15 is 0 Å². The molecule has 4 rings (SSSR count). The highest BCUT2D eigenvalue weighted by Crippen LogP contribution is 2.26. The van der Waals surface area contributed by atoms with Crippen LogP contribution in [-0.2, 0) is 23.0 Å². The summed E-state index contributed by atoms with van der Waals surface area (Å²) in [7, 11) is -3.88. The van der Waals surface area contributed by atoms with Gasteiger partial charge in [0.2, 0.25) is 0 Å². The maximum Gasteiger partial charge on any atom is 0.270 e. The molecule has 0 amide bonds. The van der Waals surface area contributed by atoms with E-state index in [1.54, 1.807) is 16.7 Å². The number of hydrogen-bond acceptors (Lipinski definition) is 5. The summed E-state index contributed by atoms with van der Waals surface area (Å²) < 4.78 is 27.9. The Morgan fingerprint density at radius 2 is 1.65 bits per heavy atom. The lowest BCUT2D eigenvalue weighted by Crippen LogP contribution is -2.18. The molecule has 0 saturated heterocycles. The van der Waals surface area contributed by atoms with Crippen LogP contribution in [0, 0.1) is 11.5 Å². The molecule has 0 bridgehead atoms. The number of nitrogens with zero attached hydrogens (tertiary/aromatic N) is 3. The summed E-state index contributed by atoms with van der Waals surface area (Å²) in [4.78, 5) is 16.2. The van der Waals surface area contributed by atoms with Crippen molar-refractivity contribution in [2.45, 2.75) is 17.9 Å². The maximum atomic E-state index is 12.1.